The zero-order valence-electron chi connectivity index (χ0n) is 9.24. The van der Waals surface area contributed by atoms with Crippen molar-refractivity contribution >= 4 is 27.3 Å². The van der Waals surface area contributed by atoms with E-state index in [0.717, 1.165) is 10.1 Å². The summed E-state index contributed by atoms with van der Waals surface area (Å²) in [6.45, 7) is 1.61. The molecule has 0 fully saturated rings. The van der Waals surface area contributed by atoms with E-state index in [1.165, 1.54) is 23.5 Å². The minimum Gasteiger partial charge on any atom is -0.394 e. The third-order valence-corrected chi connectivity index (χ3v) is 3.45. The van der Waals surface area contributed by atoms with E-state index in [2.05, 4.69) is 5.32 Å². The van der Waals surface area contributed by atoms with Crippen LogP contribution in [-0.4, -0.2) is 23.7 Å². The highest BCUT2D eigenvalue weighted by Gasteiger charge is 2.12. The number of nitrogens with one attached hydrogen (secondary N) is 1. The van der Waals surface area contributed by atoms with Crippen LogP contribution < -0.4 is 5.32 Å². The highest BCUT2D eigenvalue weighted by atomic mass is 32.1. The largest absolute Gasteiger partial charge is 0.394 e. The van der Waals surface area contributed by atoms with Crippen LogP contribution in [0.4, 0.5) is 4.39 Å². The number of benzene rings is 1. The number of hydrogen-bond donors (Lipinski definition) is 2. The Balaban J connectivity index is 2.27. The van der Waals surface area contributed by atoms with Gasteiger partial charge in [0, 0.05) is 10.7 Å². The summed E-state index contributed by atoms with van der Waals surface area (Å²) in [5.41, 5.74) is 0. The third-order valence-electron chi connectivity index (χ3n) is 2.36. The van der Waals surface area contributed by atoms with Crippen LogP contribution in [0.1, 0.15) is 16.6 Å². The van der Waals surface area contributed by atoms with Crippen molar-refractivity contribution in [3.8, 4) is 0 Å². The van der Waals surface area contributed by atoms with Gasteiger partial charge in [-0.3, -0.25) is 4.79 Å². The van der Waals surface area contributed by atoms with Gasteiger partial charge in [-0.25, -0.2) is 4.39 Å². The smallest absolute Gasteiger partial charge is 0.261 e. The number of thiophene rings is 1. The number of halogens is 1. The molecule has 0 aliphatic carbocycles. The minimum atomic E-state index is -0.310. The van der Waals surface area contributed by atoms with Crippen molar-refractivity contribution in [1.29, 1.82) is 0 Å². The average molecular weight is 253 g/mol. The van der Waals surface area contributed by atoms with Crippen molar-refractivity contribution in [2.75, 3.05) is 6.61 Å². The van der Waals surface area contributed by atoms with Gasteiger partial charge in [-0.2, -0.15) is 0 Å². The predicted molar refractivity (Wildman–Crippen MR) is 65.8 cm³/mol. The summed E-state index contributed by atoms with van der Waals surface area (Å²) >= 11 is 1.24. The second kappa shape index (κ2) is 4.81. The Bertz CT molecular complexity index is 552. The Morgan fingerprint density at radius 2 is 2.29 bits per heavy atom. The lowest BCUT2D eigenvalue weighted by molar-refractivity contribution is 0.0926. The molecule has 0 aliphatic rings. The molecule has 1 atom stereocenters. The number of aliphatic hydroxyl groups excluding tert-OH is 1. The molecule has 2 rings (SSSR count). The molecule has 90 valence electrons. The van der Waals surface area contributed by atoms with Gasteiger partial charge in [0.1, 0.15) is 5.82 Å². The second-order valence-electron chi connectivity index (χ2n) is 3.85. The van der Waals surface area contributed by atoms with Crippen molar-refractivity contribution in [2.24, 2.45) is 0 Å². The predicted octanol–water partition coefficient (Wildman–Crippen LogP) is 2.15. The van der Waals surface area contributed by atoms with Crippen LogP contribution in [0.5, 0.6) is 0 Å². The molecule has 0 spiro atoms. The molecular weight excluding hydrogens is 241 g/mol. The lowest BCUT2D eigenvalue weighted by atomic mass is 10.2. The fraction of sp³-hybridized carbons (Fsp3) is 0.250. The molecule has 17 heavy (non-hydrogen) atoms. The maximum absolute atomic E-state index is 13.0. The first-order valence-electron chi connectivity index (χ1n) is 5.21. The molecule has 1 aromatic carbocycles. The standard InChI is InChI=1S/C12H12FNO2S/c1-7(6-15)14-12(16)11-4-8-2-3-9(13)5-10(8)17-11/h2-5,7,15H,6H2,1H3,(H,14,16)/t7-/m1/s1. The van der Waals surface area contributed by atoms with Crippen LogP contribution >= 0.6 is 11.3 Å². The zero-order valence-corrected chi connectivity index (χ0v) is 10.1. The topological polar surface area (TPSA) is 49.3 Å². The van der Waals surface area contributed by atoms with E-state index in [-0.39, 0.29) is 24.4 Å². The maximum atomic E-state index is 13.0. The lowest BCUT2D eigenvalue weighted by Gasteiger charge is -2.08. The van der Waals surface area contributed by atoms with Crippen LogP contribution in [0.2, 0.25) is 0 Å². The molecule has 1 amide bonds. The number of amides is 1. The second-order valence-corrected chi connectivity index (χ2v) is 4.93. The van der Waals surface area contributed by atoms with Crippen LogP contribution in [-0.2, 0) is 0 Å². The molecule has 0 aliphatic heterocycles. The van der Waals surface area contributed by atoms with Gasteiger partial charge in [0.05, 0.1) is 11.5 Å². The van der Waals surface area contributed by atoms with Crippen molar-refractivity contribution < 1.29 is 14.3 Å². The van der Waals surface area contributed by atoms with Crippen molar-refractivity contribution in [3.05, 3.63) is 35.0 Å². The summed E-state index contributed by atoms with van der Waals surface area (Å²) in [5.74, 6) is -0.553. The summed E-state index contributed by atoms with van der Waals surface area (Å²) in [4.78, 5) is 12.3. The van der Waals surface area contributed by atoms with Crippen molar-refractivity contribution in [2.45, 2.75) is 13.0 Å². The van der Waals surface area contributed by atoms with Crippen LogP contribution in [0, 0.1) is 5.82 Å². The molecule has 1 heterocycles. The Morgan fingerprint density at radius 3 is 3.00 bits per heavy atom. The minimum absolute atomic E-state index is 0.106. The maximum Gasteiger partial charge on any atom is 0.261 e. The van der Waals surface area contributed by atoms with E-state index < -0.39 is 0 Å². The molecule has 1 aromatic heterocycles. The Labute approximate surface area is 102 Å². The molecule has 5 heteroatoms. The average Bonchev–Trinajstić information content (AvgIpc) is 2.71. The number of carbonyl (C=O) groups excluding carboxylic acids is 1. The van der Waals surface area contributed by atoms with Crippen molar-refractivity contribution in [1.82, 2.24) is 5.32 Å². The normalized spacial score (nSPS) is 12.6. The quantitative estimate of drug-likeness (QED) is 0.880. The summed E-state index contributed by atoms with van der Waals surface area (Å²) in [5, 5.41) is 12.3. The Hall–Kier alpha value is -1.46. The van der Waals surface area contributed by atoms with E-state index in [9.17, 15) is 9.18 Å². The molecule has 0 saturated heterocycles. The van der Waals surface area contributed by atoms with Gasteiger partial charge in [0.2, 0.25) is 0 Å². The SMILES string of the molecule is C[C@H](CO)NC(=O)c1cc2ccc(F)cc2s1. The number of carbonyl (C=O) groups is 1. The highest BCUT2D eigenvalue weighted by Crippen LogP contribution is 2.26. The van der Waals surface area contributed by atoms with E-state index in [4.69, 9.17) is 5.11 Å². The number of hydrogen-bond acceptors (Lipinski definition) is 3. The summed E-state index contributed by atoms with van der Waals surface area (Å²) in [6.07, 6.45) is 0. The van der Waals surface area contributed by atoms with Gasteiger partial charge < -0.3 is 10.4 Å². The first-order chi connectivity index (χ1) is 8.10. The van der Waals surface area contributed by atoms with Crippen LogP contribution in [0.15, 0.2) is 24.3 Å². The van der Waals surface area contributed by atoms with Gasteiger partial charge in [-0.1, -0.05) is 6.07 Å². The van der Waals surface area contributed by atoms with Crippen LogP contribution in [0.25, 0.3) is 10.1 Å². The molecule has 0 bridgehead atoms. The number of aliphatic hydroxyl groups is 1. The highest BCUT2D eigenvalue weighted by molar-refractivity contribution is 7.20. The summed E-state index contributed by atoms with van der Waals surface area (Å²) in [6, 6.07) is 5.86. The van der Waals surface area contributed by atoms with Gasteiger partial charge in [-0.05, 0) is 30.5 Å². The molecule has 2 aromatic rings. The molecule has 3 nitrogen and oxygen atoms in total. The van der Waals surface area contributed by atoms with Gasteiger partial charge >= 0.3 is 0 Å². The molecule has 0 saturated carbocycles. The summed E-state index contributed by atoms with van der Waals surface area (Å²) < 4.78 is 13.7. The first-order valence-corrected chi connectivity index (χ1v) is 6.02. The fourth-order valence-corrected chi connectivity index (χ4v) is 2.45. The third kappa shape index (κ3) is 2.62. The monoisotopic (exact) mass is 253 g/mol. The number of rotatable bonds is 3. The number of fused-ring (bicyclic) bond motifs is 1. The van der Waals surface area contributed by atoms with E-state index in [1.807, 2.05) is 0 Å². The van der Waals surface area contributed by atoms with Gasteiger partial charge in [-0.15, -0.1) is 11.3 Å². The molecular formula is C12H12FNO2S. The Kier molecular flexibility index (Phi) is 3.40. The zero-order chi connectivity index (χ0) is 12.4. The first kappa shape index (κ1) is 12.0. The van der Waals surface area contributed by atoms with E-state index in [0.29, 0.717) is 4.88 Å². The Morgan fingerprint density at radius 1 is 1.53 bits per heavy atom. The lowest BCUT2D eigenvalue weighted by Crippen LogP contribution is -2.34. The molecule has 0 unspecified atom stereocenters. The van der Waals surface area contributed by atoms with E-state index in [1.54, 1.807) is 19.1 Å². The summed E-state index contributed by atoms with van der Waals surface area (Å²) in [7, 11) is 0. The molecule has 0 radical (unpaired) electrons. The van der Waals surface area contributed by atoms with E-state index >= 15 is 0 Å². The fourth-order valence-electron chi connectivity index (χ4n) is 1.46. The van der Waals surface area contributed by atoms with Gasteiger partial charge in [0.25, 0.3) is 5.91 Å². The molecule has 2 N–H and O–H groups in total. The van der Waals surface area contributed by atoms with Crippen molar-refractivity contribution in [3.63, 3.8) is 0 Å². The van der Waals surface area contributed by atoms with Gasteiger partial charge in [0.15, 0.2) is 0 Å². The van der Waals surface area contributed by atoms with Crippen LogP contribution in [0.3, 0.4) is 0 Å².